The van der Waals surface area contributed by atoms with Gasteiger partial charge in [0.2, 0.25) is 11.8 Å². The number of ether oxygens (including phenoxy) is 1. The van der Waals surface area contributed by atoms with Gasteiger partial charge in [-0.3, -0.25) is 0 Å². The summed E-state index contributed by atoms with van der Waals surface area (Å²) in [6.45, 7) is 2.41. The Bertz CT molecular complexity index is 927. The summed E-state index contributed by atoms with van der Waals surface area (Å²) >= 11 is 0. The molecule has 1 aliphatic rings. The van der Waals surface area contributed by atoms with Crippen LogP contribution in [0, 0.1) is 6.92 Å². The number of hydrogen-bond acceptors (Lipinski definition) is 6. The number of hydrogen-bond donors (Lipinski definition) is 1. The van der Waals surface area contributed by atoms with Gasteiger partial charge in [-0.15, -0.1) is 0 Å². The molecular weight excluding hydrogens is 358 g/mol. The molecule has 0 saturated carbocycles. The molecule has 28 heavy (non-hydrogen) atoms. The predicted molar refractivity (Wildman–Crippen MR) is 102 cm³/mol. The van der Waals surface area contributed by atoms with Crippen LogP contribution in [0.15, 0.2) is 53.2 Å². The van der Waals surface area contributed by atoms with Crippen LogP contribution >= 0.6 is 0 Å². The molecular formula is C20H21N5O3. The Kier molecular flexibility index (Phi) is 5.18. The number of amides is 2. The number of benzene rings is 1. The number of carbonyl (C=O) groups is 1. The van der Waals surface area contributed by atoms with Gasteiger partial charge < -0.3 is 19.5 Å². The number of likely N-dealkylation sites (tertiary alicyclic amines) is 1. The third-order valence-corrected chi connectivity index (χ3v) is 4.55. The zero-order valence-corrected chi connectivity index (χ0v) is 15.5. The molecule has 1 N–H and O–H groups in total. The van der Waals surface area contributed by atoms with Crippen molar-refractivity contribution in [3.8, 4) is 11.6 Å². The first kappa shape index (κ1) is 18.0. The summed E-state index contributed by atoms with van der Waals surface area (Å²) in [6, 6.07) is 12.5. The van der Waals surface area contributed by atoms with Crippen LogP contribution in [0.4, 0.5) is 10.5 Å². The average molecular weight is 379 g/mol. The van der Waals surface area contributed by atoms with Gasteiger partial charge in [0, 0.05) is 12.6 Å². The maximum atomic E-state index is 12.8. The van der Waals surface area contributed by atoms with Crippen molar-refractivity contribution in [3.05, 3.63) is 60.4 Å². The Hall–Kier alpha value is -3.42. The molecule has 1 saturated heterocycles. The Morgan fingerprint density at radius 1 is 1.21 bits per heavy atom. The second-order valence-electron chi connectivity index (χ2n) is 6.62. The number of pyridine rings is 1. The Labute approximate surface area is 162 Å². The number of para-hydroxylation sites is 1. The average Bonchev–Trinajstić information content (AvgIpc) is 3.16. The van der Waals surface area contributed by atoms with Gasteiger partial charge in [0.05, 0.1) is 11.9 Å². The fraction of sp³-hybridized carbons (Fsp3) is 0.300. The molecule has 0 spiro atoms. The number of rotatable bonds is 4. The van der Waals surface area contributed by atoms with Crippen molar-refractivity contribution in [2.24, 2.45) is 0 Å². The highest BCUT2D eigenvalue weighted by atomic mass is 16.5. The molecule has 2 aromatic heterocycles. The molecule has 3 heterocycles. The Balaban J connectivity index is 1.42. The van der Waals surface area contributed by atoms with E-state index in [-0.39, 0.29) is 12.1 Å². The second-order valence-corrected chi connectivity index (χ2v) is 6.62. The van der Waals surface area contributed by atoms with Gasteiger partial charge >= 0.3 is 6.03 Å². The van der Waals surface area contributed by atoms with Gasteiger partial charge in [-0.25, -0.2) is 9.78 Å². The maximum Gasteiger partial charge on any atom is 0.322 e. The largest absolute Gasteiger partial charge is 0.439 e. The van der Waals surface area contributed by atoms with Crippen LogP contribution < -0.4 is 10.1 Å². The molecule has 8 nitrogen and oxygen atoms in total. The lowest BCUT2D eigenvalue weighted by Gasteiger charge is -2.33. The predicted octanol–water partition coefficient (Wildman–Crippen LogP) is 4.32. The first-order chi connectivity index (χ1) is 13.7. The van der Waals surface area contributed by atoms with Crippen molar-refractivity contribution in [1.82, 2.24) is 20.0 Å². The lowest BCUT2D eigenvalue weighted by atomic mass is 10.0. The first-order valence-corrected chi connectivity index (χ1v) is 9.26. The summed E-state index contributed by atoms with van der Waals surface area (Å²) in [5.41, 5.74) is 0.594. The highest BCUT2D eigenvalue weighted by Crippen LogP contribution is 2.30. The van der Waals surface area contributed by atoms with Crippen LogP contribution in [0.3, 0.4) is 0 Å². The van der Waals surface area contributed by atoms with Gasteiger partial charge in [0.15, 0.2) is 5.82 Å². The molecule has 1 atom stereocenters. The van der Waals surface area contributed by atoms with E-state index >= 15 is 0 Å². The van der Waals surface area contributed by atoms with E-state index in [1.807, 2.05) is 30.3 Å². The second kappa shape index (κ2) is 8.08. The fourth-order valence-electron chi connectivity index (χ4n) is 3.20. The third kappa shape index (κ3) is 4.11. The standard InChI is InChI=1S/C20H21N5O3/c1-14-22-19(28-24-14)17-9-5-6-12-25(17)20(26)23-15-10-11-18(21-13-15)27-16-7-3-2-4-8-16/h2-4,7-8,10-11,13,17H,5-6,9,12H2,1H3,(H,23,26). The van der Waals surface area contributed by atoms with E-state index in [2.05, 4.69) is 20.4 Å². The van der Waals surface area contributed by atoms with Gasteiger partial charge in [-0.05, 0) is 44.4 Å². The van der Waals surface area contributed by atoms with Crippen LogP contribution in [0.2, 0.25) is 0 Å². The third-order valence-electron chi connectivity index (χ3n) is 4.55. The summed E-state index contributed by atoms with van der Waals surface area (Å²) in [7, 11) is 0. The lowest BCUT2D eigenvalue weighted by Crippen LogP contribution is -2.41. The summed E-state index contributed by atoms with van der Waals surface area (Å²) < 4.78 is 11.0. The molecule has 3 aromatic rings. The van der Waals surface area contributed by atoms with Crippen LogP contribution in [0.5, 0.6) is 11.6 Å². The minimum Gasteiger partial charge on any atom is -0.439 e. The van der Waals surface area contributed by atoms with Crippen molar-refractivity contribution in [2.75, 3.05) is 11.9 Å². The maximum absolute atomic E-state index is 12.8. The highest BCUT2D eigenvalue weighted by Gasteiger charge is 2.32. The summed E-state index contributed by atoms with van der Waals surface area (Å²) in [5.74, 6) is 2.22. The van der Waals surface area contributed by atoms with E-state index in [9.17, 15) is 4.79 Å². The van der Waals surface area contributed by atoms with Crippen LogP contribution in [-0.4, -0.2) is 32.6 Å². The number of anilines is 1. The number of piperidine rings is 1. The van der Waals surface area contributed by atoms with E-state index in [1.54, 1.807) is 30.2 Å². The van der Waals surface area contributed by atoms with Gasteiger partial charge in [0.1, 0.15) is 11.8 Å². The Morgan fingerprint density at radius 2 is 2.07 bits per heavy atom. The molecule has 144 valence electrons. The summed E-state index contributed by atoms with van der Waals surface area (Å²) in [4.78, 5) is 23.1. The van der Waals surface area contributed by atoms with Gasteiger partial charge in [0.25, 0.3) is 0 Å². The minimum atomic E-state index is -0.209. The van der Waals surface area contributed by atoms with E-state index < -0.39 is 0 Å². The molecule has 1 aliphatic heterocycles. The number of nitrogens with zero attached hydrogens (tertiary/aromatic N) is 4. The van der Waals surface area contributed by atoms with Crippen LogP contribution in [-0.2, 0) is 0 Å². The molecule has 8 heteroatoms. The van der Waals surface area contributed by atoms with Crippen molar-refractivity contribution >= 4 is 11.7 Å². The number of aryl methyl sites for hydroxylation is 1. The molecule has 4 rings (SSSR count). The number of aromatic nitrogens is 3. The van der Waals surface area contributed by atoms with Crippen LogP contribution in [0.1, 0.15) is 37.0 Å². The molecule has 1 unspecified atom stereocenters. The smallest absolute Gasteiger partial charge is 0.322 e. The SMILES string of the molecule is Cc1noc(C2CCCCN2C(=O)Nc2ccc(Oc3ccccc3)nc2)n1. The molecule has 0 aliphatic carbocycles. The number of nitrogens with one attached hydrogen (secondary N) is 1. The summed E-state index contributed by atoms with van der Waals surface area (Å²) in [5, 5.41) is 6.73. The quantitative estimate of drug-likeness (QED) is 0.725. The zero-order valence-electron chi connectivity index (χ0n) is 15.5. The van der Waals surface area contributed by atoms with Crippen molar-refractivity contribution in [1.29, 1.82) is 0 Å². The topological polar surface area (TPSA) is 93.4 Å². The normalized spacial score (nSPS) is 16.6. The fourth-order valence-corrected chi connectivity index (χ4v) is 3.20. The lowest BCUT2D eigenvalue weighted by molar-refractivity contribution is 0.142. The molecule has 1 aromatic carbocycles. The van der Waals surface area contributed by atoms with E-state index in [0.29, 0.717) is 35.6 Å². The van der Waals surface area contributed by atoms with Crippen molar-refractivity contribution < 1.29 is 14.1 Å². The minimum absolute atomic E-state index is 0.205. The number of carbonyl (C=O) groups excluding carboxylic acids is 1. The number of urea groups is 1. The van der Waals surface area contributed by atoms with E-state index in [1.165, 1.54) is 0 Å². The Morgan fingerprint density at radius 3 is 2.79 bits per heavy atom. The molecule has 0 radical (unpaired) electrons. The molecule has 1 fully saturated rings. The summed E-state index contributed by atoms with van der Waals surface area (Å²) in [6.07, 6.45) is 4.34. The molecule has 2 amide bonds. The van der Waals surface area contributed by atoms with E-state index in [4.69, 9.17) is 9.26 Å². The van der Waals surface area contributed by atoms with Crippen molar-refractivity contribution in [3.63, 3.8) is 0 Å². The van der Waals surface area contributed by atoms with E-state index in [0.717, 1.165) is 19.3 Å². The molecule has 0 bridgehead atoms. The van der Waals surface area contributed by atoms with Crippen LogP contribution in [0.25, 0.3) is 0 Å². The van der Waals surface area contributed by atoms with Crippen molar-refractivity contribution in [2.45, 2.75) is 32.2 Å². The monoisotopic (exact) mass is 379 g/mol. The van der Waals surface area contributed by atoms with Gasteiger partial charge in [-0.2, -0.15) is 4.98 Å². The first-order valence-electron chi connectivity index (χ1n) is 9.26. The van der Waals surface area contributed by atoms with Gasteiger partial charge in [-0.1, -0.05) is 23.4 Å². The highest BCUT2D eigenvalue weighted by molar-refractivity contribution is 5.89. The zero-order chi connectivity index (χ0) is 19.3.